The lowest BCUT2D eigenvalue weighted by Gasteiger charge is -2.25. The summed E-state index contributed by atoms with van der Waals surface area (Å²) in [6.45, 7) is 6.43. The fourth-order valence-corrected chi connectivity index (χ4v) is 10.0. The highest BCUT2D eigenvalue weighted by Gasteiger charge is 2.43. The molecule has 0 aliphatic heterocycles. The van der Waals surface area contributed by atoms with Crippen LogP contribution in [0.15, 0.2) is 96.9 Å². The summed E-state index contributed by atoms with van der Waals surface area (Å²) in [5.41, 5.74) is 2.57. The average molecular weight is 807 g/mol. The lowest BCUT2D eigenvalue weighted by molar-refractivity contribution is -0.119. The van der Waals surface area contributed by atoms with Gasteiger partial charge < -0.3 is 9.94 Å². The van der Waals surface area contributed by atoms with Crippen LogP contribution >= 0.6 is 46.7 Å². The Balaban J connectivity index is 0.000000240. The van der Waals surface area contributed by atoms with Gasteiger partial charge in [-0.1, -0.05) is 79.1 Å². The molecule has 1 fully saturated rings. The predicted octanol–water partition coefficient (Wildman–Crippen LogP) is 9.82. The molecule has 52 heavy (non-hydrogen) atoms. The van der Waals surface area contributed by atoms with Gasteiger partial charge in [-0.2, -0.15) is 11.8 Å². The third-order valence-corrected chi connectivity index (χ3v) is 13.1. The first-order valence-electron chi connectivity index (χ1n) is 17.4. The zero-order valence-electron chi connectivity index (χ0n) is 29.8. The van der Waals surface area contributed by atoms with E-state index in [4.69, 9.17) is 28.0 Å². The van der Waals surface area contributed by atoms with E-state index in [1.807, 2.05) is 49.0 Å². The Kier molecular flexibility index (Phi) is 15.7. The molecule has 8 nitrogen and oxygen atoms in total. The van der Waals surface area contributed by atoms with Crippen LogP contribution in [0.4, 0.5) is 0 Å². The minimum absolute atomic E-state index is 0.0375. The van der Waals surface area contributed by atoms with Gasteiger partial charge in [0.15, 0.2) is 27.2 Å². The maximum atomic E-state index is 13.4. The quantitative estimate of drug-likeness (QED) is 0.0653. The Morgan fingerprint density at radius 2 is 1.79 bits per heavy atom. The number of carbonyl (C=O) groups is 3. The summed E-state index contributed by atoms with van der Waals surface area (Å²) in [5, 5.41) is 14.9. The highest BCUT2D eigenvalue weighted by Crippen LogP contribution is 2.50. The van der Waals surface area contributed by atoms with Crippen LogP contribution in [-0.2, 0) is 24.3 Å². The first kappa shape index (κ1) is 41.9. The second-order valence-electron chi connectivity index (χ2n) is 13.0. The van der Waals surface area contributed by atoms with Gasteiger partial charge in [0.05, 0.1) is 26.8 Å². The van der Waals surface area contributed by atoms with Crippen molar-refractivity contribution in [2.24, 2.45) is 22.9 Å². The molecule has 4 atom stereocenters. The van der Waals surface area contributed by atoms with Crippen molar-refractivity contribution >= 4 is 79.6 Å². The summed E-state index contributed by atoms with van der Waals surface area (Å²) in [6.07, 6.45) is 7.64. The topological polar surface area (TPSA) is 127 Å². The van der Waals surface area contributed by atoms with Gasteiger partial charge in [-0.3, -0.25) is 14.4 Å². The van der Waals surface area contributed by atoms with Gasteiger partial charge in [-0.25, -0.2) is 8.42 Å². The number of fused-ring (bicyclic) bond motifs is 2. The molecule has 0 radical (unpaired) electrons. The third-order valence-electron chi connectivity index (χ3n) is 9.18. The minimum atomic E-state index is -3.44. The average Bonchev–Trinajstić information content (AvgIpc) is 3.55. The van der Waals surface area contributed by atoms with E-state index < -0.39 is 15.6 Å². The van der Waals surface area contributed by atoms with Gasteiger partial charge in [-0.15, -0.1) is 0 Å². The van der Waals surface area contributed by atoms with Crippen LogP contribution in [-0.4, -0.2) is 60.5 Å². The summed E-state index contributed by atoms with van der Waals surface area (Å²) >= 11 is 15.0. The zero-order valence-corrected chi connectivity index (χ0v) is 33.7. The second kappa shape index (κ2) is 19.5. The van der Waals surface area contributed by atoms with Gasteiger partial charge in [0.1, 0.15) is 12.4 Å². The summed E-state index contributed by atoms with van der Waals surface area (Å²) in [6, 6.07) is 13.7. The van der Waals surface area contributed by atoms with E-state index in [9.17, 15) is 27.9 Å². The normalized spacial score (nSPS) is 21.3. The molecule has 5 rings (SSSR count). The monoisotopic (exact) mass is 805 g/mol. The smallest absolute Gasteiger partial charge is 0.198 e. The third kappa shape index (κ3) is 10.9. The molecule has 0 spiro atoms. The number of sulfone groups is 1. The summed E-state index contributed by atoms with van der Waals surface area (Å²) in [4.78, 5) is 45.9. The molecular formula is C39H45Cl2NO7S3. The summed E-state index contributed by atoms with van der Waals surface area (Å²) in [5.74, 6) is 0.917. The zero-order chi connectivity index (χ0) is 38.0. The van der Waals surface area contributed by atoms with Gasteiger partial charge in [0.2, 0.25) is 0 Å². The van der Waals surface area contributed by atoms with Gasteiger partial charge in [0, 0.05) is 51.2 Å². The van der Waals surface area contributed by atoms with E-state index in [0.717, 1.165) is 47.5 Å². The number of hydrogen-bond donors (Lipinski definition) is 1. The van der Waals surface area contributed by atoms with Crippen molar-refractivity contribution in [3.63, 3.8) is 0 Å². The molecule has 0 aromatic heterocycles. The van der Waals surface area contributed by atoms with Gasteiger partial charge in [-0.05, 0) is 86.1 Å². The van der Waals surface area contributed by atoms with E-state index in [2.05, 4.69) is 19.0 Å². The molecule has 2 aromatic carbocycles. The molecule has 3 aliphatic rings. The molecule has 280 valence electrons. The molecule has 2 aromatic rings. The summed E-state index contributed by atoms with van der Waals surface area (Å²) < 4.78 is 23.5. The Morgan fingerprint density at radius 1 is 1.08 bits per heavy atom. The molecule has 3 aliphatic carbocycles. The van der Waals surface area contributed by atoms with Crippen LogP contribution in [0, 0.1) is 17.8 Å². The van der Waals surface area contributed by atoms with Gasteiger partial charge >= 0.3 is 0 Å². The van der Waals surface area contributed by atoms with Crippen LogP contribution < -0.4 is 0 Å². The maximum absolute atomic E-state index is 13.4. The van der Waals surface area contributed by atoms with Crippen molar-refractivity contribution in [3.05, 3.63) is 92.5 Å². The largest absolute Gasteiger partial charge is 0.511 e. The molecule has 1 N–H and O–H groups in total. The number of Topliss-reactive ketones (excluding diaryl/α,β-unsaturated/α-hetero) is 3. The number of oxime groups is 1. The molecule has 0 heterocycles. The van der Waals surface area contributed by atoms with Crippen LogP contribution in [0.5, 0.6) is 0 Å². The number of aliphatic hydroxyl groups excluding tert-OH is 1. The first-order valence-corrected chi connectivity index (χ1v) is 21.9. The predicted molar refractivity (Wildman–Crippen MR) is 212 cm³/mol. The van der Waals surface area contributed by atoms with Crippen molar-refractivity contribution in [2.45, 2.75) is 80.8 Å². The number of aliphatic hydroxyl groups is 1. The SMILES string of the molecule is CCSC(C)CC1CC(=O)C(/C(CC)=N/OC/C=C/Cl)=C(O)C1.CS(=O)(=O)c1ccc(C(=O)C2=C(Sc3ccccc3)C3CCC(C3)C2=O)c(Cl)c1. The van der Waals surface area contributed by atoms with E-state index in [-0.39, 0.29) is 62.7 Å². The Morgan fingerprint density at radius 3 is 2.40 bits per heavy atom. The number of allylic oxidation sites excluding steroid dienone is 4. The Hall–Kier alpha value is -2.83. The highest BCUT2D eigenvalue weighted by molar-refractivity contribution is 8.03. The van der Waals surface area contributed by atoms with Crippen LogP contribution in [0.3, 0.4) is 0 Å². The number of nitrogens with zero attached hydrogens (tertiary/aromatic N) is 1. The van der Waals surface area contributed by atoms with Crippen LogP contribution in [0.1, 0.15) is 76.1 Å². The fourth-order valence-electron chi connectivity index (χ4n) is 6.78. The van der Waals surface area contributed by atoms with E-state index >= 15 is 0 Å². The fraction of sp³-hybridized carbons (Fsp3) is 0.436. The van der Waals surface area contributed by atoms with Gasteiger partial charge in [0.25, 0.3) is 0 Å². The Bertz CT molecular complexity index is 1870. The molecular weight excluding hydrogens is 762 g/mol. The molecule has 1 saturated carbocycles. The Labute approximate surface area is 325 Å². The summed E-state index contributed by atoms with van der Waals surface area (Å²) in [7, 11) is -3.44. The number of thioether (sulfide) groups is 2. The lowest BCUT2D eigenvalue weighted by Crippen LogP contribution is -2.26. The number of hydrogen-bond acceptors (Lipinski definition) is 10. The molecule has 13 heteroatoms. The molecule has 2 bridgehead atoms. The van der Waals surface area contributed by atoms with Crippen molar-refractivity contribution in [1.29, 1.82) is 0 Å². The lowest BCUT2D eigenvalue weighted by atomic mass is 9.82. The first-order chi connectivity index (χ1) is 24.8. The number of halogens is 2. The van der Waals surface area contributed by atoms with Crippen LogP contribution in [0.2, 0.25) is 5.02 Å². The van der Waals surface area contributed by atoms with Crippen molar-refractivity contribution < 1.29 is 32.7 Å². The molecule has 0 saturated heterocycles. The van der Waals surface area contributed by atoms with E-state index in [1.54, 1.807) is 6.08 Å². The van der Waals surface area contributed by atoms with Crippen molar-refractivity contribution in [1.82, 2.24) is 0 Å². The number of ketones is 3. The van der Waals surface area contributed by atoms with Crippen LogP contribution in [0.25, 0.3) is 0 Å². The molecule has 4 unspecified atom stereocenters. The minimum Gasteiger partial charge on any atom is -0.511 e. The maximum Gasteiger partial charge on any atom is 0.198 e. The van der Waals surface area contributed by atoms with E-state index in [0.29, 0.717) is 35.8 Å². The van der Waals surface area contributed by atoms with Crippen molar-refractivity contribution in [2.75, 3.05) is 18.6 Å². The number of carbonyl (C=O) groups excluding carboxylic acids is 3. The highest BCUT2D eigenvalue weighted by atomic mass is 35.5. The number of rotatable bonds is 14. The van der Waals surface area contributed by atoms with Crippen molar-refractivity contribution in [3.8, 4) is 0 Å². The van der Waals surface area contributed by atoms with E-state index in [1.165, 1.54) is 35.5 Å². The molecule has 0 amide bonds. The standard InChI is InChI=1S/C22H19ClO4S2.C17H26ClNO3S/c1-29(26,27)16-9-10-17(18(23)12-16)21(25)19-20(24)13-7-8-14(11-13)22(19)28-15-5-3-2-4-6-15;1-4-14(19-22-8-6-7-18)17-15(20)10-13(11-16(17)21)9-12(3)23-5-2/h2-6,9-10,12-14H,7-8,11H2,1H3;6-7,12-13,20H,4-5,8-11H2,1-3H3/b;7-6+,19-14+. The second-order valence-corrected chi connectivity index (χ2v) is 18.5. The number of benzene rings is 2.